The van der Waals surface area contributed by atoms with E-state index in [9.17, 15) is 8.42 Å². The van der Waals surface area contributed by atoms with Crippen LogP contribution in [0.2, 0.25) is 0 Å². The van der Waals surface area contributed by atoms with Gasteiger partial charge in [0.1, 0.15) is 0 Å². The minimum Gasteiger partial charge on any atom is -0.215 e. The molecule has 1 aromatic rings. The molecule has 1 aromatic heterocycles. The zero-order valence-corrected chi connectivity index (χ0v) is 7.69. The molecule has 1 unspecified atom stereocenters. The lowest BCUT2D eigenvalue weighted by atomic mass is 10.3. The molecule has 1 rings (SSSR count). The molecule has 0 radical (unpaired) electrons. The SMILES string of the molecule is CC(N[SH](=O)=O)c1cccs1. The number of hydrogen-bond acceptors (Lipinski definition) is 3. The van der Waals surface area contributed by atoms with E-state index in [4.69, 9.17) is 0 Å². The summed E-state index contributed by atoms with van der Waals surface area (Å²) in [6, 6.07) is 3.70. The van der Waals surface area contributed by atoms with Crippen molar-refractivity contribution in [1.29, 1.82) is 0 Å². The number of hydrogen-bond donors (Lipinski definition) is 2. The zero-order valence-electron chi connectivity index (χ0n) is 5.98. The Morgan fingerprint density at radius 1 is 1.64 bits per heavy atom. The summed E-state index contributed by atoms with van der Waals surface area (Å²) in [5.74, 6) is 0. The standard InChI is InChI=1S/C6H9NO2S2/c1-5(7-11(8)9)6-3-2-4-10-6/h2-5,11H,1H3,(H,7,8,9). The van der Waals surface area contributed by atoms with Crippen LogP contribution >= 0.6 is 11.3 Å². The molecule has 0 spiro atoms. The van der Waals surface area contributed by atoms with E-state index in [1.54, 1.807) is 11.3 Å². The lowest BCUT2D eigenvalue weighted by molar-refractivity contribution is 0.589. The van der Waals surface area contributed by atoms with E-state index in [0.717, 1.165) is 4.88 Å². The van der Waals surface area contributed by atoms with E-state index in [1.807, 2.05) is 24.4 Å². The molecule has 1 N–H and O–H groups in total. The van der Waals surface area contributed by atoms with Gasteiger partial charge in [-0.15, -0.1) is 11.3 Å². The maximum Gasteiger partial charge on any atom is 0.201 e. The molecule has 1 heterocycles. The van der Waals surface area contributed by atoms with Crippen molar-refractivity contribution in [1.82, 2.24) is 4.72 Å². The van der Waals surface area contributed by atoms with Crippen LogP contribution in [0, 0.1) is 0 Å². The first kappa shape index (κ1) is 8.70. The summed E-state index contributed by atoms with van der Waals surface area (Å²) in [6.07, 6.45) is 0. The molecular weight excluding hydrogens is 182 g/mol. The van der Waals surface area contributed by atoms with E-state index in [0.29, 0.717) is 0 Å². The van der Waals surface area contributed by atoms with Crippen LogP contribution in [0.25, 0.3) is 0 Å². The van der Waals surface area contributed by atoms with Crippen molar-refractivity contribution in [2.45, 2.75) is 13.0 Å². The van der Waals surface area contributed by atoms with Crippen molar-refractivity contribution in [2.24, 2.45) is 0 Å². The summed E-state index contributed by atoms with van der Waals surface area (Å²) in [4.78, 5) is 1.03. The number of thiophene rings is 1. The molecule has 11 heavy (non-hydrogen) atoms. The third-order valence-corrected chi connectivity index (χ3v) is 2.92. The average molecular weight is 191 g/mol. The minimum absolute atomic E-state index is 0.101. The topological polar surface area (TPSA) is 46.2 Å². The van der Waals surface area contributed by atoms with Crippen LogP contribution in [0.3, 0.4) is 0 Å². The second-order valence-corrected chi connectivity index (χ2v) is 3.88. The highest BCUT2D eigenvalue weighted by Crippen LogP contribution is 2.17. The smallest absolute Gasteiger partial charge is 0.201 e. The van der Waals surface area contributed by atoms with Crippen molar-refractivity contribution in [3.63, 3.8) is 0 Å². The molecular formula is C6H9NO2S2. The molecule has 0 aliphatic heterocycles. The number of rotatable bonds is 3. The van der Waals surface area contributed by atoms with E-state index in [2.05, 4.69) is 4.72 Å². The highest BCUT2D eigenvalue weighted by molar-refractivity contribution is 7.70. The van der Waals surface area contributed by atoms with Crippen LogP contribution in [-0.2, 0) is 10.9 Å². The molecule has 0 amide bonds. The summed E-state index contributed by atoms with van der Waals surface area (Å²) in [6.45, 7) is 1.82. The normalized spacial score (nSPS) is 13.6. The molecule has 1 atom stereocenters. The van der Waals surface area contributed by atoms with Gasteiger partial charge in [-0.1, -0.05) is 6.07 Å². The van der Waals surface area contributed by atoms with E-state index < -0.39 is 10.9 Å². The van der Waals surface area contributed by atoms with Gasteiger partial charge in [-0.25, -0.2) is 13.1 Å². The Labute approximate surface area is 71.1 Å². The molecule has 0 saturated carbocycles. The van der Waals surface area contributed by atoms with Gasteiger partial charge in [0.15, 0.2) is 0 Å². The van der Waals surface area contributed by atoms with Crippen LogP contribution < -0.4 is 4.72 Å². The largest absolute Gasteiger partial charge is 0.215 e. The Morgan fingerprint density at radius 2 is 2.36 bits per heavy atom. The molecule has 0 aliphatic carbocycles. The van der Waals surface area contributed by atoms with E-state index >= 15 is 0 Å². The Bertz CT molecular complexity index is 271. The molecule has 62 valence electrons. The van der Waals surface area contributed by atoms with Gasteiger partial charge < -0.3 is 0 Å². The first-order chi connectivity index (χ1) is 5.20. The average Bonchev–Trinajstić information content (AvgIpc) is 2.35. The fourth-order valence-corrected chi connectivity index (χ4v) is 2.04. The number of nitrogens with one attached hydrogen (secondary N) is 1. The summed E-state index contributed by atoms with van der Waals surface area (Å²) in [5, 5.41) is 1.92. The van der Waals surface area contributed by atoms with Gasteiger partial charge in [0.25, 0.3) is 0 Å². The van der Waals surface area contributed by atoms with Gasteiger partial charge >= 0.3 is 0 Å². The van der Waals surface area contributed by atoms with Gasteiger partial charge in [0.05, 0.1) is 6.04 Å². The highest BCUT2D eigenvalue weighted by Gasteiger charge is 2.04. The molecule has 0 fully saturated rings. The molecule has 0 aliphatic rings. The lowest BCUT2D eigenvalue weighted by Crippen LogP contribution is -2.14. The van der Waals surface area contributed by atoms with Crippen LogP contribution in [0.5, 0.6) is 0 Å². The predicted molar refractivity (Wildman–Crippen MR) is 46.2 cm³/mol. The monoisotopic (exact) mass is 191 g/mol. The molecule has 5 heteroatoms. The first-order valence-corrected chi connectivity index (χ1v) is 5.20. The van der Waals surface area contributed by atoms with E-state index in [1.165, 1.54) is 0 Å². The van der Waals surface area contributed by atoms with Crippen molar-refractivity contribution in [3.05, 3.63) is 22.4 Å². The fraction of sp³-hybridized carbons (Fsp3) is 0.333. The van der Waals surface area contributed by atoms with Gasteiger partial charge in [-0.2, -0.15) is 0 Å². The third-order valence-electron chi connectivity index (χ3n) is 1.27. The summed E-state index contributed by atoms with van der Waals surface area (Å²) < 4.78 is 22.9. The first-order valence-electron chi connectivity index (χ1n) is 3.14. The molecule has 0 saturated heterocycles. The quantitative estimate of drug-likeness (QED) is 0.698. The van der Waals surface area contributed by atoms with Crippen LogP contribution in [0.1, 0.15) is 17.8 Å². The second kappa shape index (κ2) is 3.85. The van der Waals surface area contributed by atoms with Crippen LogP contribution in [0.4, 0.5) is 0 Å². The summed E-state index contributed by atoms with van der Waals surface area (Å²) in [7, 11) is -2.49. The second-order valence-electron chi connectivity index (χ2n) is 2.12. The molecule has 3 nitrogen and oxygen atoms in total. The van der Waals surface area contributed by atoms with Crippen molar-refractivity contribution in [3.8, 4) is 0 Å². The van der Waals surface area contributed by atoms with E-state index in [-0.39, 0.29) is 6.04 Å². The Morgan fingerprint density at radius 3 is 2.82 bits per heavy atom. The van der Waals surface area contributed by atoms with Crippen LogP contribution in [-0.4, -0.2) is 8.42 Å². The predicted octanol–water partition coefficient (Wildman–Crippen LogP) is 0.925. The van der Waals surface area contributed by atoms with Crippen molar-refractivity contribution in [2.75, 3.05) is 0 Å². The Kier molecular flexibility index (Phi) is 3.04. The maximum atomic E-state index is 10.2. The van der Waals surface area contributed by atoms with Gasteiger partial charge in [0, 0.05) is 4.88 Å². The summed E-state index contributed by atoms with van der Waals surface area (Å²) >= 11 is 1.54. The Balaban J connectivity index is 2.63. The highest BCUT2D eigenvalue weighted by atomic mass is 32.2. The number of thiol groups is 1. The molecule has 0 aromatic carbocycles. The molecule has 0 bridgehead atoms. The van der Waals surface area contributed by atoms with Crippen LogP contribution in [0.15, 0.2) is 17.5 Å². The lowest BCUT2D eigenvalue weighted by Gasteiger charge is -2.04. The van der Waals surface area contributed by atoms with Gasteiger partial charge in [0.2, 0.25) is 10.9 Å². The van der Waals surface area contributed by atoms with Crippen molar-refractivity contribution >= 4 is 22.2 Å². The third kappa shape index (κ3) is 2.61. The fourth-order valence-electron chi connectivity index (χ4n) is 0.759. The Hall–Kier alpha value is -0.390. The van der Waals surface area contributed by atoms with Gasteiger partial charge in [-0.05, 0) is 18.4 Å². The van der Waals surface area contributed by atoms with Crippen molar-refractivity contribution < 1.29 is 8.42 Å². The minimum atomic E-state index is -2.49. The maximum absolute atomic E-state index is 10.2. The summed E-state index contributed by atoms with van der Waals surface area (Å²) in [5.41, 5.74) is 0. The zero-order chi connectivity index (χ0) is 8.27. The van der Waals surface area contributed by atoms with Gasteiger partial charge in [-0.3, -0.25) is 0 Å².